The molecule has 0 saturated carbocycles. The highest BCUT2D eigenvalue weighted by Gasteiger charge is 2.23. The molecule has 1 aliphatic rings. The SMILES string of the molecule is Cc1ccccc1CN1CCN(C(=O)c2ccccc2N)CC1.Cl.Cl. The molecule has 0 atom stereocenters. The second-order valence-electron chi connectivity index (χ2n) is 6.08. The van der Waals surface area contributed by atoms with E-state index in [1.807, 2.05) is 17.0 Å². The van der Waals surface area contributed by atoms with Crippen LogP contribution in [0.3, 0.4) is 0 Å². The molecule has 2 aromatic rings. The van der Waals surface area contributed by atoms with Crippen LogP contribution >= 0.6 is 24.8 Å². The molecule has 1 aliphatic heterocycles. The van der Waals surface area contributed by atoms with Gasteiger partial charge in [0.25, 0.3) is 5.91 Å². The summed E-state index contributed by atoms with van der Waals surface area (Å²) in [4.78, 5) is 16.9. The van der Waals surface area contributed by atoms with Gasteiger partial charge in [0.15, 0.2) is 0 Å². The van der Waals surface area contributed by atoms with Crippen molar-refractivity contribution < 1.29 is 4.79 Å². The van der Waals surface area contributed by atoms with Gasteiger partial charge in [-0.3, -0.25) is 9.69 Å². The lowest BCUT2D eigenvalue weighted by Crippen LogP contribution is -2.48. The van der Waals surface area contributed by atoms with E-state index in [9.17, 15) is 4.79 Å². The lowest BCUT2D eigenvalue weighted by Gasteiger charge is -2.35. The minimum Gasteiger partial charge on any atom is -0.398 e. The first kappa shape index (κ1) is 21.3. The third-order valence-electron chi connectivity index (χ3n) is 4.51. The fourth-order valence-electron chi connectivity index (χ4n) is 3.00. The number of benzene rings is 2. The minimum atomic E-state index is 0. The average molecular weight is 382 g/mol. The van der Waals surface area contributed by atoms with E-state index in [0.717, 1.165) is 32.7 Å². The first-order valence-electron chi connectivity index (χ1n) is 8.06. The van der Waals surface area contributed by atoms with Gasteiger partial charge >= 0.3 is 0 Å². The second-order valence-corrected chi connectivity index (χ2v) is 6.08. The maximum absolute atomic E-state index is 12.6. The molecule has 1 fully saturated rings. The molecule has 1 amide bonds. The zero-order chi connectivity index (χ0) is 16.2. The molecule has 2 aromatic carbocycles. The maximum atomic E-state index is 12.6. The summed E-state index contributed by atoms with van der Waals surface area (Å²) in [6.45, 7) is 6.38. The Hall–Kier alpha value is -1.75. The van der Waals surface area contributed by atoms with Gasteiger partial charge in [0, 0.05) is 38.4 Å². The summed E-state index contributed by atoms with van der Waals surface area (Å²) in [6, 6.07) is 15.8. The standard InChI is InChI=1S/C19H23N3O.2ClH/c1-15-6-2-3-7-16(15)14-21-10-12-22(13-11-21)19(23)17-8-4-5-9-18(17)20;;/h2-9H,10-14,20H2,1H3;2*1H. The van der Waals surface area contributed by atoms with Crippen LogP contribution in [0.25, 0.3) is 0 Å². The van der Waals surface area contributed by atoms with Crippen LogP contribution in [0, 0.1) is 6.92 Å². The van der Waals surface area contributed by atoms with Gasteiger partial charge in [0.05, 0.1) is 5.56 Å². The highest BCUT2D eigenvalue weighted by atomic mass is 35.5. The van der Waals surface area contributed by atoms with Crippen molar-refractivity contribution in [3.8, 4) is 0 Å². The van der Waals surface area contributed by atoms with E-state index in [-0.39, 0.29) is 30.7 Å². The number of para-hydroxylation sites is 1. The van der Waals surface area contributed by atoms with Crippen LogP contribution in [0.5, 0.6) is 0 Å². The lowest BCUT2D eigenvalue weighted by molar-refractivity contribution is 0.0629. The second kappa shape index (κ2) is 9.66. The summed E-state index contributed by atoms with van der Waals surface area (Å²) in [6.07, 6.45) is 0. The lowest BCUT2D eigenvalue weighted by atomic mass is 10.1. The van der Waals surface area contributed by atoms with Gasteiger partial charge in [-0.1, -0.05) is 36.4 Å². The van der Waals surface area contributed by atoms with Gasteiger partial charge in [-0.25, -0.2) is 0 Å². The topological polar surface area (TPSA) is 49.6 Å². The fourth-order valence-corrected chi connectivity index (χ4v) is 3.00. The van der Waals surface area contributed by atoms with Crippen LogP contribution in [0.2, 0.25) is 0 Å². The van der Waals surface area contributed by atoms with Gasteiger partial charge < -0.3 is 10.6 Å². The molecule has 0 unspecified atom stereocenters. The summed E-state index contributed by atoms with van der Waals surface area (Å²) in [7, 11) is 0. The van der Waals surface area contributed by atoms with Crippen molar-refractivity contribution in [1.29, 1.82) is 0 Å². The predicted molar refractivity (Wildman–Crippen MR) is 108 cm³/mol. The van der Waals surface area contributed by atoms with Crippen LogP contribution in [0.1, 0.15) is 21.5 Å². The highest BCUT2D eigenvalue weighted by molar-refractivity contribution is 5.99. The summed E-state index contributed by atoms with van der Waals surface area (Å²) < 4.78 is 0. The first-order valence-corrected chi connectivity index (χ1v) is 8.06. The van der Waals surface area contributed by atoms with Gasteiger partial charge in [-0.05, 0) is 30.2 Å². The van der Waals surface area contributed by atoms with E-state index < -0.39 is 0 Å². The molecule has 4 nitrogen and oxygen atoms in total. The summed E-state index contributed by atoms with van der Waals surface area (Å²) >= 11 is 0. The molecule has 136 valence electrons. The zero-order valence-electron chi connectivity index (χ0n) is 14.4. The number of nitrogens with zero attached hydrogens (tertiary/aromatic N) is 2. The zero-order valence-corrected chi connectivity index (χ0v) is 16.0. The molecule has 0 radical (unpaired) electrons. The van der Waals surface area contributed by atoms with Crippen molar-refractivity contribution in [1.82, 2.24) is 9.80 Å². The molecule has 0 spiro atoms. The minimum absolute atomic E-state index is 0. The number of nitrogen functional groups attached to an aromatic ring is 1. The van der Waals surface area contributed by atoms with E-state index in [4.69, 9.17) is 5.73 Å². The number of hydrogen-bond donors (Lipinski definition) is 1. The highest BCUT2D eigenvalue weighted by Crippen LogP contribution is 2.17. The van der Waals surface area contributed by atoms with Crippen LogP contribution in [0.4, 0.5) is 5.69 Å². The molecule has 0 bridgehead atoms. The molecule has 6 heteroatoms. The van der Waals surface area contributed by atoms with Gasteiger partial charge in [0.2, 0.25) is 0 Å². The Balaban J connectivity index is 0.00000156. The maximum Gasteiger partial charge on any atom is 0.256 e. The molecule has 0 aliphatic carbocycles. The van der Waals surface area contributed by atoms with E-state index in [1.54, 1.807) is 12.1 Å². The van der Waals surface area contributed by atoms with E-state index in [0.29, 0.717) is 11.3 Å². The van der Waals surface area contributed by atoms with Crippen molar-refractivity contribution in [2.75, 3.05) is 31.9 Å². The number of carbonyl (C=O) groups excluding carboxylic acids is 1. The number of aryl methyl sites for hydroxylation is 1. The Kier molecular flexibility index (Phi) is 8.23. The Labute approximate surface area is 161 Å². The van der Waals surface area contributed by atoms with Crippen LogP contribution in [-0.4, -0.2) is 41.9 Å². The smallest absolute Gasteiger partial charge is 0.256 e. The molecule has 25 heavy (non-hydrogen) atoms. The number of hydrogen-bond acceptors (Lipinski definition) is 3. The molecule has 2 N–H and O–H groups in total. The van der Waals surface area contributed by atoms with Crippen molar-refractivity contribution in [2.24, 2.45) is 0 Å². The molecule has 0 aromatic heterocycles. The Morgan fingerprint density at radius 3 is 2.20 bits per heavy atom. The van der Waals surface area contributed by atoms with Crippen molar-refractivity contribution in [2.45, 2.75) is 13.5 Å². The van der Waals surface area contributed by atoms with E-state index in [2.05, 4.69) is 36.1 Å². The normalized spacial score (nSPS) is 14.4. The molecular formula is C19H25Cl2N3O. The quantitative estimate of drug-likeness (QED) is 0.828. The molecule has 3 rings (SSSR count). The predicted octanol–water partition coefficient (Wildman–Crippen LogP) is 3.38. The van der Waals surface area contributed by atoms with E-state index >= 15 is 0 Å². The molecular weight excluding hydrogens is 357 g/mol. The van der Waals surface area contributed by atoms with E-state index in [1.165, 1.54) is 11.1 Å². The number of halogens is 2. The van der Waals surface area contributed by atoms with Crippen molar-refractivity contribution >= 4 is 36.4 Å². The molecule has 1 heterocycles. The average Bonchev–Trinajstić information content (AvgIpc) is 2.57. The van der Waals surface area contributed by atoms with Crippen LogP contribution < -0.4 is 5.73 Å². The van der Waals surface area contributed by atoms with Crippen molar-refractivity contribution in [3.05, 3.63) is 65.2 Å². The van der Waals surface area contributed by atoms with Gasteiger partial charge in [-0.2, -0.15) is 0 Å². The van der Waals surface area contributed by atoms with Crippen molar-refractivity contribution in [3.63, 3.8) is 0 Å². The number of rotatable bonds is 3. The largest absolute Gasteiger partial charge is 0.398 e. The fraction of sp³-hybridized carbons (Fsp3) is 0.316. The number of nitrogens with two attached hydrogens (primary N) is 1. The number of amides is 1. The summed E-state index contributed by atoms with van der Waals surface area (Å²) in [5, 5.41) is 0. The number of anilines is 1. The number of piperazine rings is 1. The first-order chi connectivity index (χ1) is 11.1. The monoisotopic (exact) mass is 381 g/mol. The van der Waals surface area contributed by atoms with Gasteiger partial charge in [0.1, 0.15) is 0 Å². The number of carbonyl (C=O) groups is 1. The third kappa shape index (κ3) is 5.11. The van der Waals surface area contributed by atoms with Gasteiger partial charge in [-0.15, -0.1) is 24.8 Å². The Morgan fingerprint density at radius 2 is 1.56 bits per heavy atom. The third-order valence-corrected chi connectivity index (χ3v) is 4.51. The Bertz CT molecular complexity index is 701. The van der Waals surface area contributed by atoms with Crippen LogP contribution in [0.15, 0.2) is 48.5 Å². The summed E-state index contributed by atoms with van der Waals surface area (Å²) in [5.74, 6) is 0.0404. The Morgan fingerprint density at radius 1 is 0.960 bits per heavy atom. The van der Waals surface area contributed by atoms with Crippen LogP contribution in [-0.2, 0) is 6.54 Å². The molecule has 1 saturated heterocycles. The summed E-state index contributed by atoms with van der Waals surface area (Å²) in [5.41, 5.74) is 9.77.